The molecule has 0 atom stereocenters. The van der Waals surface area contributed by atoms with Crippen LogP contribution in [0.1, 0.15) is 15.9 Å². The van der Waals surface area contributed by atoms with Crippen molar-refractivity contribution >= 4 is 46.5 Å². The molecular weight excluding hydrogens is 393 g/mol. The van der Waals surface area contributed by atoms with Crippen molar-refractivity contribution in [3.63, 3.8) is 0 Å². The highest BCUT2D eigenvalue weighted by Crippen LogP contribution is 2.31. The summed E-state index contributed by atoms with van der Waals surface area (Å²) in [6.07, 6.45) is 2.87. The zero-order chi connectivity index (χ0) is 19.4. The molecule has 0 unspecified atom stereocenters. The monoisotopic (exact) mass is 405 g/mol. The van der Waals surface area contributed by atoms with Crippen molar-refractivity contribution in [2.45, 2.75) is 0 Å². The maximum absolute atomic E-state index is 12.9. The summed E-state index contributed by atoms with van der Waals surface area (Å²) in [5, 5.41) is 2.47. The number of nitrogens with zero attached hydrogens (tertiary/aromatic N) is 2. The van der Waals surface area contributed by atoms with Crippen LogP contribution in [0.4, 0.5) is 9.18 Å². The minimum absolute atomic E-state index is 0.0399. The molecule has 0 saturated carbocycles. The van der Waals surface area contributed by atoms with Gasteiger partial charge in [0.05, 0.1) is 10.5 Å². The van der Waals surface area contributed by atoms with E-state index in [2.05, 4.69) is 10.3 Å². The molecule has 0 radical (unpaired) electrons. The number of rotatable bonds is 5. The summed E-state index contributed by atoms with van der Waals surface area (Å²) in [5.74, 6) is -1.21. The quantitative estimate of drug-likeness (QED) is 0.609. The minimum Gasteiger partial charge on any atom is -0.350 e. The Morgan fingerprint density at radius 3 is 2.63 bits per heavy atom. The molecule has 0 aliphatic carbocycles. The Labute approximate surface area is 163 Å². The van der Waals surface area contributed by atoms with E-state index in [9.17, 15) is 18.8 Å². The van der Waals surface area contributed by atoms with Gasteiger partial charge in [0.2, 0.25) is 0 Å². The van der Waals surface area contributed by atoms with Gasteiger partial charge < -0.3 is 5.32 Å². The highest BCUT2D eigenvalue weighted by atomic mass is 35.5. The summed E-state index contributed by atoms with van der Waals surface area (Å²) in [7, 11) is 0. The van der Waals surface area contributed by atoms with Crippen LogP contribution in [-0.2, 0) is 4.79 Å². The third-order valence-corrected chi connectivity index (χ3v) is 4.78. The number of hydrogen-bond donors (Lipinski definition) is 1. The lowest BCUT2D eigenvalue weighted by atomic mass is 10.2. The largest absolute Gasteiger partial charge is 0.350 e. The molecule has 1 aromatic heterocycles. The van der Waals surface area contributed by atoms with Crippen LogP contribution in [-0.4, -0.2) is 40.0 Å². The summed E-state index contributed by atoms with van der Waals surface area (Å²) < 4.78 is 12.9. The molecule has 1 aliphatic rings. The molecule has 3 amide bonds. The van der Waals surface area contributed by atoms with Gasteiger partial charge in [0, 0.05) is 19.3 Å². The molecule has 138 valence electrons. The van der Waals surface area contributed by atoms with E-state index < -0.39 is 11.1 Å². The maximum Gasteiger partial charge on any atom is 0.293 e. The van der Waals surface area contributed by atoms with Crippen LogP contribution in [0.5, 0.6) is 0 Å². The van der Waals surface area contributed by atoms with Crippen molar-refractivity contribution in [2.24, 2.45) is 0 Å². The normalized spacial score (nSPS) is 15.5. The molecule has 1 N–H and O–H groups in total. The van der Waals surface area contributed by atoms with Gasteiger partial charge in [-0.1, -0.05) is 23.7 Å². The maximum atomic E-state index is 12.9. The van der Waals surface area contributed by atoms with E-state index in [0.29, 0.717) is 11.1 Å². The number of aromatic nitrogens is 1. The second-order valence-electron chi connectivity index (χ2n) is 5.51. The van der Waals surface area contributed by atoms with Crippen LogP contribution in [0, 0.1) is 5.82 Å². The minimum atomic E-state index is -0.447. The van der Waals surface area contributed by atoms with E-state index in [1.807, 2.05) is 0 Å². The Hall–Kier alpha value is -2.71. The van der Waals surface area contributed by atoms with Gasteiger partial charge in [-0.3, -0.25) is 19.3 Å². The fourth-order valence-electron chi connectivity index (χ4n) is 2.30. The SMILES string of the molecule is O=C(NCCN1C(=O)S/C(=C/c2ccc(F)cc2)C1=O)c1ccc(Cl)nc1. The van der Waals surface area contributed by atoms with Crippen LogP contribution in [0.3, 0.4) is 0 Å². The fraction of sp³-hybridized carbons (Fsp3) is 0.111. The second-order valence-corrected chi connectivity index (χ2v) is 6.89. The Morgan fingerprint density at radius 1 is 1.22 bits per heavy atom. The lowest BCUT2D eigenvalue weighted by Crippen LogP contribution is -2.37. The number of pyridine rings is 1. The molecule has 0 spiro atoms. The lowest BCUT2D eigenvalue weighted by Gasteiger charge is -2.12. The number of benzene rings is 1. The van der Waals surface area contributed by atoms with Crippen molar-refractivity contribution < 1.29 is 18.8 Å². The molecule has 6 nitrogen and oxygen atoms in total. The van der Waals surface area contributed by atoms with E-state index in [1.165, 1.54) is 48.7 Å². The smallest absolute Gasteiger partial charge is 0.293 e. The van der Waals surface area contributed by atoms with Gasteiger partial charge in [-0.25, -0.2) is 9.37 Å². The van der Waals surface area contributed by atoms with Crippen LogP contribution < -0.4 is 5.32 Å². The number of carbonyl (C=O) groups excluding carboxylic acids is 3. The highest BCUT2D eigenvalue weighted by Gasteiger charge is 2.34. The standard InChI is InChI=1S/C18H13ClFN3O3S/c19-15-6-3-12(10-22-15)16(24)21-7-8-23-17(25)14(27-18(23)26)9-11-1-4-13(20)5-2-11/h1-6,9-10H,7-8H2,(H,21,24)/b14-9+. The van der Waals surface area contributed by atoms with Gasteiger partial charge in [0.1, 0.15) is 11.0 Å². The number of halogens is 2. The molecule has 0 bridgehead atoms. The third-order valence-electron chi connectivity index (χ3n) is 3.65. The number of hydrogen-bond acceptors (Lipinski definition) is 5. The summed E-state index contributed by atoms with van der Waals surface area (Å²) in [5.41, 5.74) is 0.940. The Bertz CT molecular complexity index is 916. The first-order chi connectivity index (χ1) is 12.9. The van der Waals surface area contributed by atoms with E-state index in [4.69, 9.17) is 11.6 Å². The van der Waals surface area contributed by atoms with Gasteiger partial charge >= 0.3 is 0 Å². The number of thioether (sulfide) groups is 1. The molecule has 1 fully saturated rings. The lowest BCUT2D eigenvalue weighted by molar-refractivity contribution is -0.122. The first kappa shape index (κ1) is 19.1. The first-order valence-corrected chi connectivity index (χ1v) is 9.04. The molecule has 9 heteroatoms. The van der Waals surface area contributed by atoms with Gasteiger partial charge in [-0.05, 0) is 47.7 Å². The highest BCUT2D eigenvalue weighted by molar-refractivity contribution is 8.18. The van der Waals surface area contributed by atoms with Gasteiger partial charge in [-0.2, -0.15) is 0 Å². The molecule has 3 rings (SSSR count). The van der Waals surface area contributed by atoms with Crippen molar-refractivity contribution in [2.75, 3.05) is 13.1 Å². The van der Waals surface area contributed by atoms with Crippen LogP contribution in [0.15, 0.2) is 47.5 Å². The summed E-state index contributed by atoms with van der Waals surface area (Å²) in [4.78, 5) is 41.5. The average Bonchev–Trinajstić information content (AvgIpc) is 2.91. The first-order valence-electron chi connectivity index (χ1n) is 7.85. The van der Waals surface area contributed by atoms with E-state index in [0.717, 1.165) is 16.7 Å². The number of carbonyl (C=O) groups is 3. The third kappa shape index (κ3) is 4.72. The molecule has 2 aromatic rings. The van der Waals surface area contributed by atoms with Crippen molar-refractivity contribution in [3.8, 4) is 0 Å². The van der Waals surface area contributed by atoms with E-state index in [-0.39, 0.29) is 34.9 Å². The van der Waals surface area contributed by atoms with Crippen molar-refractivity contribution in [1.82, 2.24) is 15.2 Å². The van der Waals surface area contributed by atoms with Gasteiger partial charge in [-0.15, -0.1) is 0 Å². The zero-order valence-electron chi connectivity index (χ0n) is 13.8. The Balaban J connectivity index is 1.58. The van der Waals surface area contributed by atoms with Gasteiger partial charge in [0.15, 0.2) is 0 Å². The summed E-state index contributed by atoms with van der Waals surface area (Å²) >= 11 is 6.47. The average molecular weight is 406 g/mol. The number of amides is 3. The Kier molecular flexibility index (Phi) is 5.88. The predicted molar refractivity (Wildman–Crippen MR) is 101 cm³/mol. The Morgan fingerprint density at radius 2 is 1.96 bits per heavy atom. The zero-order valence-corrected chi connectivity index (χ0v) is 15.4. The molecular formula is C18H13ClFN3O3S. The number of imide groups is 1. The molecule has 1 aliphatic heterocycles. The molecule has 1 saturated heterocycles. The number of nitrogens with one attached hydrogen (secondary N) is 1. The van der Waals surface area contributed by atoms with E-state index in [1.54, 1.807) is 0 Å². The molecule has 2 heterocycles. The summed E-state index contributed by atoms with van der Waals surface area (Å²) in [6, 6.07) is 8.60. The molecule has 1 aromatic carbocycles. The summed E-state index contributed by atoms with van der Waals surface area (Å²) in [6.45, 7) is 0.140. The predicted octanol–water partition coefficient (Wildman–Crippen LogP) is 3.34. The second kappa shape index (κ2) is 8.32. The van der Waals surface area contributed by atoms with Gasteiger partial charge in [0.25, 0.3) is 17.1 Å². The van der Waals surface area contributed by atoms with Crippen LogP contribution >= 0.6 is 23.4 Å². The van der Waals surface area contributed by atoms with Crippen LogP contribution in [0.2, 0.25) is 5.15 Å². The van der Waals surface area contributed by atoms with Crippen molar-refractivity contribution in [3.05, 3.63) is 69.6 Å². The van der Waals surface area contributed by atoms with Crippen molar-refractivity contribution in [1.29, 1.82) is 0 Å². The molecule has 27 heavy (non-hydrogen) atoms. The van der Waals surface area contributed by atoms with E-state index >= 15 is 0 Å². The fourth-order valence-corrected chi connectivity index (χ4v) is 3.27. The van der Waals surface area contributed by atoms with Crippen LogP contribution in [0.25, 0.3) is 6.08 Å². The topological polar surface area (TPSA) is 79.4 Å².